The molecule has 0 radical (unpaired) electrons. The van der Waals surface area contributed by atoms with Gasteiger partial charge in [0.25, 0.3) is 0 Å². The van der Waals surface area contributed by atoms with E-state index in [-0.39, 0.29) is 23.6 Å². The van der Waals surface area contributed by atoms with E-state index in [1.54, 1.807) is 0 Å². The van der Waals surface area contributed by atoms with Crippen LogP contribution in [0.1, 0.15) is 31.4 Å². The molecule has 1 fully saturated rings. The number of guanidine groups is 1. The highest BCUT2D eigenvalue weighted by Crippen LogP contribution is 2.27. The zero-order chi connectivity index (χ0) is 15.3. The van der Waals surface area contributed by atoms with Gasteiger partial charge in [-0.25, -0.2) is 9.98 Å². The van der Waals surface area contributed by atoms with Crippen molar-refractivity contribution in [1.29, 1.82) is 0 Å². The molecule has 1 saturated carbocycles. The van der Waals surface area contributed by atoms with Gasteiger partial charge in [-0.2, -0.15) is 8.78 Å². The first-order chi connectivity index (χ1) is 10.0. The van der Waals surface area contributed by atoms with Crippen molar-refractivity contribution < 1.29 is 13.5 Å². The number of nitrogens with two attached hydrogens (primary N) is 1. The van der Waals surface area contributed by atoms with Crippen LogP contribution in [0.15, 0.2) is 23.2 Å². The Labute approximate surface area is 122 Å². The SMILES string of the molecule is COc1cccc(C(F)(F)CN=C(N)NC2CCCC2)n1. The predicted molar refractivity (Wildman–Crippen MR) is 76.6 cm³/mol. The second-order valence-corrected chi connectivity index (χ2v) is 5.10. The number of alkyl halides is 2. The fraction of sp³-hybridized carbons (Fsp3) is 0.571. The van der Waals surface area contributed by atoms with Crippen LogP contribution in [0, 0.1) is 0 Å². The molecule has 21 heavy (non-hydrogen) atoms. The van der Waals surface area contributed by atoms with E-state index in [0.29, 0.717) is 0 Å². The van der Waals surface area contributed by atoms with Gasteiger partial charge in [-0.05, 0) is 18.9 Å². The molecule has 1 heterocycles. The molecule has 116 valence electrons. The van der Waals surface area contributed by atoms with E-state index in [1.807, 2.05) is 0 Å². The highest BCUT2D eigenvalue weighted by molar-refractivity contribution is 5.78. The monoisotopic (exact) mass is 298 g/mol. The summed E-state index contributed by atoms with van der Waals surface area (Å²) in [6, 6.07) is 4.48. The Morgan fingerprint density at radius 2 is 2.19 bits per heavy atom. The van der Waals surface area contributed by atoms with Gasteiger partial charge in [-0.3, -0.25) is 0 Å². The van der Waals surface area contributed by atoms with Gasteiger partial charge in [0.05, 0.1) is 7.11 Å². The molecule has 0 spiro atoms. The topological polar surface area (TPSA) is 72.5 Å². The molecular weight excluding hydrogens is 278 g/mol. The fourth-order valence-electron chi connectivity index (χ4n) is 2.32. The van der Waals surface area contributed by atoms with E-state index in [1.165, 1.54) is 25.3 Å². The smallest absolute Gasteiger partial charge is 0.309 e. The Bertz CT molecular complexity index is 502. The Hall–Kier alpha value is -1.92. The van der Waals surface area contributed by atoms with Crippen LogP contribution in [0.3, 0.4) is 0 Å². The number of nitrogens with one attached hydrogen (secondary N) is 1. The van der Waals surface area contributed by atoms with E-state index < -0.39 is 12.5 Å². The number of aromatic nitrogens is 1. The first kappa shape index (κ1) is 15.5. The minimum absolute atomic E-state index is 0.0597. The van der Waals surface area contributed by atoms with E-state index >= 15 is 0 Å². The third-order valence-electron chi connectivity index (χ3n) is 3.46. The molecule has 2 rings (SSSR count). The first-order valence-corrected chi connectivity index (χ1v) is 6.97. The van der Waals surface area contributed by atoms with Crippen LogP contribution >= 0.6 is 0 Å². The number of hydrogen-bond donors (Lipinski definition) is 2. The van der Waals surface area contributed by atoms with Gasteiger partial charge in [0.1, 0.15) is 12.2 Å². The first-order valence-electron chi connectivity index (χ1n) is 6.97. The molecule has 5 nitrogen and oxygen atoms in total. The number of pyridine rings is 1. The van der Waals surface area contributed by atoms with Gasteiger partial charge in [-0.1, -0.05) is 18.9 Å². The number of rotatable bonds is 5. The minimum atomic E-state index is -3.18. The summed E-state index contributed by atoms with van der Waals surface area (Å²) in [7, 11) is 1.38. The molecule has 0 saturated heterocycles. The fourth-order valence-corrected chi connectivity index (χ4v) is 2.32. The number of methoxy groups -OCH3 is 1. The van der Waals surface area contributed by atoms with Gasteiger partial charge < -0.3 is 15.8 Å². The van der Waals surface area contributed by atoms with Crippen molar-refractivity contribution in [1.82, 2.24) is 10.3 Å². The molecule has 0 amide bonds. The van der Waals surface area contributed by atoms with Crippen molar-refractivity contribution >= 4 is 5.96 Å². The Balaban J connectivity index is 1.98. The number of nitrogens with zero attached hydrogens (tertiary/aromatic N) is 2. The van der Waals surface area contributed by atoms with Gasteiger partial charge in [0.2, 0.25) is 5.88 Å². The second kappa shape index (κ2) is 6.69. The van der Waals surface area contributed by atoms with Crippen LogP contribution in [-0.4, -0.2) is 30.6 Å². The van der Waals surface area contributed by atoms with Crippen molar-refractivity contribution in [2.75, 3.05) is 13.7 Å². The summed E-state index contributed by atoms with van der Waals surface area (Å²) >= 11 is 0. The number of aliphatic imine (C=N–C) groups is 1. The molecule has 1 aliphatic rings. The van der Waals surface area contributed by atoms with Gasteiger partial charge >= 0.3 is 5.92 Å². The van der Waals surface area contributed by atoms with Crippen molar-refractivity contribution in [2.24, 2.45) is 10.7 Å². The van der Waals surface area contributed by atoms with Crippen LogP contribution in [0.4, 0.5) is 8.78 Å². The lowest BCUT2D eigenvalue weighted by Crippen LogP contribution is -2.39. The molecule has 3 N–H and O–H groups in total. The molecule has 0 aliphatic heterocycles. The Kier molecular flexibility index (Phi) is 4.93. The molecule has 0 bridgehead atoms. The predicted octanol–water partition coefficient (Wildman–Crippen LogP) is 2.03. The van der Waals surface area contributed by atoms with Crippen molar-refractivity contribution in [3.8, 4) is 5.88 Å². The van der Waals surface area contributed by atoms with E-state index in [4.69, 9.17) is 10.5 Å². The Morgan fingerprint density at radius 3 is 2.86 bits per heavy atom. The normalized spacial score (nSPS) is 17.0. The standard InChI is InChI=1S/C14H20F2N4O/c1-21-12-8-4-7-11(20-12)14(15,16)9-18-13(17)19-10-5-2-3-6-10/h4,7-8,10H,2-3,5-6,9H2,1H3,(H3,17,18,19). The van der Waals surface area contributed by atoms with Crippen molar-refractivity contribution in [3.63, 3.8) is 0 Å². The summed E-state index contributed by atoms with van der Waals surface area (Å²) < 4.78 is 32.9. The van der Waals surface area contributed by atoms with Gasteiger partial charge in [0, 0.05) is 12.1 Å². The highest BCUT2D eigenvalue weighted by Gasteiger charge is 2.33. The highest BCUT2D eigenvalue weighted by atomic mass is 19.3. The lowest BCUT2D eigenvalue weighted by atomic mass is 10.2. The summed E-state index contributed by atoms with van der Waals surface area (Å²) in [5.41, 5.74) is 5.28. The van der Waals surface area contributed by atoms with Crippen LogP contribution < -0.4 is 15.8 Å². The zero-order valence-electron chi connectivity index (χ0n) is 12.0. The summed E-state index contributed by atoms with van der Waals surface area (Å²) in [4.78, 5) is 7.49. The summed E-state index contributed by atoms with van der Waals surface area (Å²) in [5, 5.41) is 2.97. The molecule has 0 unspecified atom stereocenters. The minimum Gasteiger partial charge on any atom is -0.481 e. The number of halogens is 2. The molecule has 1 aromatic rings. The van der Waals surface area contributed by atoms with Crippen molar-refractivity contribution in [3.05, 3.63) is 23.9 Å². The second-order valence-electron chi connectivity index (χ2n) is 5.10. The molecule has 1 aliphatic carbocycles. The van der Waals surface area contributed by atoms with Crippen LogP contribution in [-0.2, 0) is 5.92 Å². The summed E-state index contributed by atoms with van der Waals surface area (Å²) in [6.45, 7) is -0.737. The lowest BCUT2D eigenvalue weighted by Gasteiger charge is -2.16. The average molecular weight is 298 g/mol. The lowest BCUT2D eigenvalue weighted by molar-refractivity contribution is 0.00138. The van der Waals surface area contributed by atoms with E-state index in [2.05, 4.69) is 15.3 Å². The number of ether oxygens (including phenoxy) is 1. The molecule has 1 aromatic heterocycles. The summed E-state index contributed by atoms with van der Waals surface area (Å²) in [6.07, 6.45) is 4.28. The quantitative estimate of drug-likeness (QED) is 0.644. The Morgan fingerprint density at radius 1 is 1.48 bits per heavy atom. The van der Waals surface area contributed by atoms with Crippen LogP contribution in [0.25, 0.3) is 0 Å². The third kappa shape index (κ3) is 4.27. The van der Waals surface area contributed by atoms with Crippen LogP contribution in [0.2, 0.25) is 0 Å². The van der Waals surface area contributed by atoms with E-state index in [0.717, 1.165) is 25.7 Å². The third-order valence-corrected chi connectivity index (χ3v) is 3.46. The molecule has 7 heteroatoms. The van der Waals surface area contributed by atoms with Crippen LogP contribution in [0.5, 0.6) is 5.88 Å². The number of hydrogen-bond acceptors (Lipinski definition) is 3. The maximum absolute atomic E-state index is 14.0. The zero-order valence-corrected chi connectivity index (χ0v) is 12.0. The van der Waals surface area contributed by atoms with Gasteiger partial charge in [0.15, 0.2) is 5.96 Å². The molecular formula is C14H20F2N4O. The summed E-state index contributed by atoms with van der Waals surface area (Å²) in [5.74, 6) is -2.98. The van der Waals surface area contributed by atoms with Gasteiger partial charge in [-0.15, -0.1) is 0 Å². The average Bonchev–Trinajstić information content (AvgIpc) is 2.98. The molecule has 0 aromatic carbocycles. The largest absolute Gasteiger partial charge is 0.481 e. The van der Waals surface area contributed by atoms with E-state index in [9.17, 15) is 8.78 Å². The molecule has 0 atom stereocenters. The maximum Gasteiger partial charge on any atom is 0.309 e. The van der Waals surface area contributed by atoms with Crippen molar-refractivity contribution in [2.45, 2.75) is 37.6 Å². The maximum atomic E-state index is 14.0.